The highest BCUT2D eigenvalue weighted by atomic mass is 35.5. The molecule has 0 saturated carbocycles. The Morgan fingerprint density at radius 2 is 1.77 bits per heavy atom. The van der Waals surface area contributed by atoms with Crippen molar-refractivity contribution in [2.45, 2.75) is 51.2 Å². The fourth-order valence-corrected chi connectivity index (χ4v) is 5.64. The van der Waals surface area contributed by atoms with E-state index in [1.807, 2.05) is 18.2 Å². The molecule has 1 aliphatic heterocycles. The smallest absolute Gasteiger partial charge is 0.333 e. The summed E-state index contributed by atoms with van der Waals surface area (Å²) in [5.74, 6) is -0.468. The number of amides is 2. The van der Waals surface area contributed by atoms with Gasteiger partial charge in [-0.05, 0) is 51.3 Å². The van der Waals surface area contributed by atoms with Gasteiger partial charge < -0.3 is 19.7 Å². The minimum atomic E-state index is -1.07. The Labute approximate surface area is 237 Å². The number of hydrogen-bond acceptors (Lipinski definition) is 7. The molecule has 0 spiro atoms. The third-order valence-electron chi connectivity index (χ3n) is 6.53. The van der Waals surface area contributed by atoms with Crippen molar-refractivity contribution in [2.75, 3.05) is 19.7 Å². The van der Waals surface area contributed by atoms with Gasteiger partial charge in [0.05, 0.1) is 16.6 Å². The van der Waals surface area contributed by atoms with E-state index in [-0.39, 0.29) is 24.1 Å². The second kappa shape index (κ2) is 12.6. The number of aromatic nitrogens is 1. The van der Waals surface area contributed by atoms with Crippen molar-refractivity contribution >= 4 is 40.7 Å². The zero-order valence-electron chi connectivity index (χ0n) is 22.2. The van der Waals surface area contributed by atoms with Crippen LogP contribution in [0.3, 0.4) is 0 Å². The zero-order chi connectivity index (χ0) is 28.0. The van der Waals surface area contributed by atoms with Crippen LogP contribution < -0.4 is 10.1 Å². The lowest BCUT2D eigenvalue weighted by Crippen LogP contribution is -2.51. The van der Waals surface area contributed by atoms with Crippen LogP contribution in [0.2, 0.25) is 5.02 Å². The molecule has 8 nitrogen and oxygen atoms in total. The molecule has 10 heteroatoms. The van der Waals surface area contributed by atoms with E-state index in [0.717, 1.165) is 17.8 Å². The molecule has 1 aromatic heterocycles. The second-order valence-electron chi connectivity index (χ2n) is 9.75. The third kappa shape index (κ3) is 6.96. The van der Waals surface area contributed by atoms with E-state index in [0.29, 0.717) is 29.4 Å². The number of piperidine rings is 1. The van der Waals surface area contributed by atoms with Crippen molar-refractivity contribution in [3.8, 4) is 5.75 Å². The molecule has 2 heterocycles. The molecule has 1 aliphatic rings. The molecule has 1 unspecified atom stereocenters. The molecular formula is C29H32ClN3O5S. The lowest BCUT2D eigenvalue weighted by atomic mass is 9.96. The summed E-state index contributed by atoms with van der Waals surface area (Å²) in [5.41, 5.74) is -0.176. The van der Waals surface area contributed by atoms with Crippen LogP contribution in [0.1, 0.15) is 66.6 Å². The first-order valence-corrected chi connectivity index (χ1v) is 14.2. The number of para-hydroxylation sites is 1. The number of likely N-dealkylation sites (tertiary alicyclic amines) is 1. The maximum Gasteiger partial charge on any atom is 0.333 e. The molecule has 2 amide bonds. The molecule has 0 aliphatic carbocycles. The molecule has 0 radical (unpaired) electrons. The van der Waals surface area contributed by atoms with Crippen molar-refractivity contribution in [1.82, 2.24) is 15.2 Å². The Morgan fingerprint density at radius 1 is 1.10 bits per heavy atom. The first-order chi connectivity index (χ1) is 18.7. The van der Waals surface area contributed by atoms with Crippen LogP contribution in [0.25, 0.3) is 0 Å². The van der Waals surface area contributed by atoms with Gasteiger partial charge >= 0.3 is 5.97 Å². The zero-order valence-corrected chi connectivity index (χ0v) is 23.8. The molecule has 4 rings (SSSR count). The summed E-state index contributed by atoms with van der Waals surface area (Å²) in [6.45, 7) is 6.53. The molecule has 1 saturated heterocycles. The number of esters is 1. The molecule has 206 valence electrons. The fraction of sp³-hybridized carbons (Fsp3) is 0.379. The molecule has 1 atom stereocenters. The van der Waals surface area contributed by atoms with E-state index in [1.165, 1.54) is 11.3 Å². The average molecular weight is 570 g/mol. The van der Waals surface area contributed by atoms with Crippen molar-refractivity contribution in [2.24, 2.45) is 0 Å². The minimum absolute atomic E-state index is 0.106. The Hall–Kier alpha value is -3.43. The number of hydrogen-bond donors (Lipinski definition) is 1. The number of nitrogens with zero attached hydrogens (tertiary/aromatic N) is 2. The lowest BCUT2D eigenvalue weighted by Gasteiger charge is -2.36. The Kier molecular flexibility index (Phi) is 9.24. The SMILES string of the molecule is CCOC(=O)C(NC(=O)c1csc(C2CCN(C(=O)C(C)(C)Oc3ccccc3Cl)CC2)n1)c1ccccc1. The standard InChI is InChI=1S/C29H32ClN3O5S/c1-4-37-27(35)24(19-10-6-5-7-11-19)32-25(34)22-18-39-26(31-22)20-14-16-33(17-15-20)28(36)29(2,3)38-23-13-9-8-12-21(23)30/h5-13,18,20,24H,4,14-17H2,1-3H3,(H,32,34). The van der Waals surface area contributed by atoms with Crippen LogP contribution in [0.4, 0.5) is 0 Å². The van der Waals surface area contributed by atoms with Gasteiger partial charge in [-0.2, -0.15) is 0 Å². The van der Waals surface area contributed by atoms with Gasteiger partial charge in [0.1, 0.15) is 11.4 Å². The van der Waals surface area contributed by atoms with E-state index >= 15 is 0 Å². The number of rotatable bonds is 9. The van der Waals surface area contributed by atoms with E-state index in [2.05, 4.69) is 10.3 Å². The quantitative estimate of drug-likeness (QED) is 0.347. The van der Waals surface area contributed by atoms with Gasteiger partial charge in [-0.3, -0.25) is 9.59 Å². The summed E-state index contributed by atoms with van der Waals surface area (Å²) in [5, 5.41) is 5.77. The number of nitrogens with one attached hydrogen (secondary N) is 1. The van der Waals surface area contributed by atoms with Crippen molar-refractivity contribution in [3.63, 3.8) is 0 Å². The minimum Gasteiger partial charge on any atom is -0.476 e. The number of benzene rings is 2. The van der Waals surface area contributed by atoms with Crippen molar-refractivity contribution < 1.29 is 23.9 Å². The first-order valence-electron chi connectivity index (χ1n) is 12.9. The van der Waals surface area contributed by atoms with Gasteiger partial charge in [0.15, 0.2) is 11.6 Å². The maximum absolute atomic E-state index is 13.2. The monoisotopic (exact) mass is 569 g/mol. The molecule has 1 fully saturated rings. The Morgan fingerprint density at radius 3 is 2.44 bits per heavy atom. The van der Waals surface area contributed by atoms with Crippen LogP contribution in [-0.4, -0.2) is 53.0 Å². The average Bonchev–Trinajstić information content (AvgIpc) is 3.44. The third-order valence-corrected chi connectivity index (χ3v) is 7.85. The normalized spacial score (nSPS) is 14.9. The van der Waals surface area contributed by atoms with Gasteiger partial charge in [-0.15, -0.1) is 11.3 Å². The van der Waals surface area contributed by atoms with Gasteiger partial charge in [-0.1, -0.05) is 54.1 Å². The highest BCUT2D eigenvalue weighted by Gasteiger charge is 2.37. The van der Waals surface area contributed by atoms with Crippen LogP contribution in [-0.2, 0) is 14.3 Å². The van der Waals surface area contributed by atoms with E-state index < -0.39 is 23.5 Å². The summed E-state index contributed by atoms with van der Waals surface area (Å²) in [6.07, 6.45) is 1.44. The van der Waals surface area contributed by atoms with E-state index in [9.17, 15) is 14.4 Å². The summed E-state index contributed by atoms with van der Waals surface area (Å²) in [4.78, 5) is 45.2. The number of thiazole rings is 1. The summed E-state index contributed by atoms with van der Waals surface area (Å²) in [7, 11) is 0. The van der Waals surface area contributed by atoms with Gasteiger partial charge in [0, 0.05) is 24.4 Å². The lowest BCUT2D eigenvalue weighted by molar-refractivity contribution is -0.146. The molecule has 1 N–H and O–H groups in total. The molecule has 2 aromatic carbocycles. The molecular weight excluding hydrogens is 538 g/mol. The number of ether oxygens (including phenoxy) is 2. The van der Waals surface area contributed by atoms with Gasteiger partial charge in [0.2, 0.25) is 0 Å². The Bertz CT molecular complexity index is 1310. The van der Waals surface area contributed by atoms with Crippen LogP contribution in [0.15, 0.2) is 60.0 Å². The van der Waals surface area contributed by atoms with Crippen molar-refractivity contribution in [3.05, 3.63) is 81.3 Å². The Balaban J connectivity index is 1.36. The van der Waals surface area contributed by atoms with E-state index in [1.54, 1.807) is 67.4 Å². The largest absolute Gasteiger partial charge is 0.476 e. The predicted octanol–water partition coefficient (Wildman–Crippen LogP) is 5.39. The highest BCUT2D eigenvalue weighted by molar-refractivity contribution is 7.09. The first kappa shape index (κ1) is 28.6. The maximum atomic E-state index is 13.2. The van der Waals surface area contributed by atoms with Gasteiger partial charge in [-0.25, -0.2) is 9.78 Å². The molecule has 0 bridgehead atoms. The van der Waals surface area contributed by atoms with Crippen LogP contribution in [0, 0.1) is 0 Å². The number of halogens is 1. The van der Waals surface area contributed by atoms with E-state index in [4.69, 9.17) is 21.1 Å². The predicted molar refractivity (Wildman–Crippen MR) is 150 cm³/mol. The second-order valence-corrected chi connectivity index (χ2v) is 11.0. The molecule has 3 aromatic rings. The summed E-state index contributed by atoms with van der Waals surface area (Å²) in [6, 6.07) is 15.2. The van der Waals surface area contributed by atoms with Crippen LogP contribution in [0.5, 0.6) is 5.75 Å². The fourth-order valence-electron chi connectivity index (χ4n) is 4.49. The van der Waals surface area contributed by atoms with Crippen molar-refractivity contribution in [1.29, 1.82) is 0 Å². The number of carbonyl (C=O) groups is 3. The van der Waals surface area contributed by atoms with Gasteiger partial charge in [0.25, 0.3) is 11.8 Å². The topological polar surface area (TPSA) is 97.8 Å². The highest BCUT2D eigenvalue weighted by Crippen LogP contribution is 2.33. The molecule has 39 heavy (non-hydrogen) atoms. The summed E-state index contributed by atoms with van der Waals surface area (Å²) < 4.78 is 11.1. The van der Waals surface area contributed by atoms with Crippen LogP contribution >= 0.6 is 22.9 Å². The summed E-state index contributed by atoms with van der Waals surface area (Å²) >= 11 is 7.63. The number of carbonyl (C=O) groups excluding carboxylic acids is 3.